The fourth-order valence-electron chi connectivity index (χ4n) is 4.79. The van der Waals surface area contributed by atoms with Crippen molar-refractivity contribution < 1.29 is 23.9 Å². The summed E-state index contributed by atoms with van der Waals surface area (Å²) < 4.78 is 10.8. The molecular weight excluding hydrogens is 478 g/mol. The number of esters is 1. The van der Waals surface area contributed by atoms with E-state index in [2.05, 4.69) is 29.6 Å². The maximum Gasteiger partial charge on any atom is 0.408 e. The zero-order valence-corrected chi connectivity index (χ0v) is 21.6. The van der Waals surface area contributed by atoms with Crippen molar-refractivity contribution in [3.05, 3.63) is 96.1 Å². The van der Waals surface area contributed by atoms with Crippen LogP contribution in [0, 0.1) is 0 Å². The number of carbonyl (C=O) groups is 3. The van der Waals surface area contributed by atoms with Crippen LogP contribution in [0.5, 0.6) is 0 Å². The third-order valence-electron chi connectivity index (χ3n) is 6.43. The Morgan fingerprint density at radius 2 is 1.39 bits per heavy atom. The highest BCUT2D eigenvalue weighted by Crippen LogP contribution is 2.36. The van der Waals surface area contributed by atoms with Gasteiger partial charge < -0.3 is 14.8 Å². The molecule has 0 fully saturated rings. The Kier molecular flexibility index (Phi) is 6.72. The third kappa shape index (κ3) is 5.30. The predicted octanol–water partition coefficient (Wildman–Crippen LogP) is 6.45. The number of benzene rings is 5. The molecule has 0 heterocycles. The number of alkyl carbamates (subject to hydrolysis) is 1. The summed E-state index contributed by atoms with van der Waals surface area (Å²) in [5, 5.41) is 8.81. The molecule has 1 N–H and O–H groups in total. The molecule has 0 aliphatic rings. The van der Waals surface area contributed by atoms with E-state index in [1.54, 1.807) is 26.8 Å². The van der Waals surface area contributed by atoms with Gasteiger partial charge in [-0.15, -0.1) is 0 Å². The highest BCUT2D eigenvalue weighted by molar-refractivity contribution is 6.26. The zero-order chi connectivity index (χ0) is 26.9. The molecule has 192 valence electrons. The zero-order valence-electron chi connectivity index (χ0n) is 21.6. The Morgan fingerprint density at radius 1 is 0.763 bits per heavy atom. The van der Waals surface area contributed by atoms with Gasteiger partial charge in [0.1, 0.15) is 11.6 Å². The second-order valence-corrected chi connectivity index (χ2v) is 10.4. The molecule has 0 aromatic heterocycles. The summed E-state index contributed by atoms with van der Waals surface area (Å²) >= 11 is 0. The van der Waals surface area contributed by atoms with Crippen LogP contribution in [0.4, 0.5) is 4.79 Å². The smallest absolute Gasteiger partial charge is 0.408 e. The van der Waals surface area contributed by atoms with Crippen LogP contribution in [-0.2, 0) is 20.7 Å². The van der Waals surface area contributed by atoms with Crippen molar-refractivity contribution in [2.45, 2.75) is 38.8 Å². The van der Waals surface area contributed by atoms with Crippen LogP contribution in [0.25, 0.3) is 32.3 Å². The Morgan fingerprint density at radius 3 is 2.08 bits per heavy atom. The van der Waals surface area contributed by atoms with Crippen molar-refractivity contribution in [3.63, 3.8) is 0 Å². The van der Waals surface area contributed by atoms with Gasteiger partial charge in [-0.3, -0.25) is 4.79 Å². The number of nitrogens with one attached hydrogen (secondary N) is 1. The van der Waals surface area contributed by atoms with Gasteiger partial charge in [0.25, 0.3) is 0 Å². The summed E-state index contributed by atoms with van der Waals surface area (Å²) in [6.45, 7) is 4.79. The fraction of sp³-hybridized carbons (Fsp3) is 0.219. The minimum Gasteiger partial charge on any atom is -0.456 e. The van der Waals surface area contributed by atoms with Crippen molar-refractivity contribution in [2.75, 3.05) is 6.61 Å². The second kappa shape index (κ2) is 10.1. The number of amides is 1. The van der Waals surface area contributed by atoms with E-state index in [9.17, 15) is 14.4 Å². The Bertz CT molecular complexity index is 1620. The van der Waals surface area contributed by atoms with E-state index in [0.29, 0.717) is 5.56 Å². The van der Waals surface area contributed by atoms with E-state index in [0.717, 1.165) is 37.9 Å². The van der Waals surface area contributed by atoms with Gasteiger partial charge in [0.2, 0.25) is 5.78 Å². The minimum atomic E-state index is -1.01. The molecular formula is C32H29NO5. The first kappa shape index (κ1) is 25.2. The molecule has 0 unspecified atom stereocenters. The first-order valence-electron chi connectivity index (χ1n) is 12.6. The Balaban J connectivity index is 1.37. The first-order chi connectivity index (χ1) is 18.2. The van der Waals surface area contributed by atoms with Gasteiger partial charge in [0, 0.05) is 12.0 Å². The molecule has 0 radical (unpaired) electrons. The van der Waals surface area contributed by atoms with Gasteiger partial charge in [-0.1, -0.05) is 84.9 Å². The molecule has 0 aliphatic carbocycles. The van der Waals surface area contributed by atoms with E-state index >= 15 is 0 Å². The van der Waals surface area contributed by atoms with Crippen molar-refractivity contribution in [1.29, 1.82) is 0 Å². The van der Waals surface area contributed by atoms with Crippen molar-refractivity contribution in [1.82, 2.24) is 5.32 Å². The van der Waals surface area contributed by atoms with Crippen LogP contribution in [0.3, 0.4) is 0 Å². The summed E-state index contributed by atoms with van der Waals surface area (Å²) in [4.78, 5) is 38.8. The quantitative estimate of drug-likeness (QED) is 0.156. The van der Waals surface area contributed by atoms with E-state index in [1.165, 1.54) is 0 Å². The average Bonchev–Trinajstić information content (AvgIpc) is 2.89. The molecule has 38 heavy (non-hydrogen) atoms. The molecule has 0 saturated heterocycles. The largest absolute Gasteiger partial charge is 0.456 e. The molecule has 5 aromatic carbocycles. The molecule has 5 aromatic rings. The number of hydrogen-bond acceptors (Lipinski definition) is 5. The lowest BCUT2D eigenvalue weighted by Gasteiger charge is -2.23. The lowest BCUT2D eigenvalue weighted by Crippen LogP contribution is -2.45. The molecule has 0 bridgehead atoms. The van der Waals surface area contributed by atoms with Gasteiger partial charge in [0.15, 0.2) is 6.61 Å². The molecule has 0 aliphatic heterocycles. The molecule has 6 nitrogen and oxygen atoms in total. The van der Waals surface area contributed by atoms with Crippen LogP contribution in [0.1, 0.15) is 36.7 Å². The van der Waals surface area contributed by atoms with E-state index in [-0.39, 0.29) is 12.2 Å². The van der Waals surface area contributed by atoms with Crippen LogP contribution >= 0.6 is 0 Å². The predicted molar refractivity (Wildman–Crippen MR) is 149 cm³/mol. The van der Waals surface area contributed by atoms with E-state index in [1.807, 2.05) is 54.6 Å². The number of ketones is 1. The molecule has 0 spiro atoms. The van der Waals surface area contributed by atoms with Gasteiger partial charge in [0.05, 0.1) is 0 Å². The number of ether oxygens (including phenoxy) is 2. The molecule has 1 atom stereocenters. The molecule has 0 saturated carbocycles. The topological polar surface area (TPSA) is 81.7 Å². The summed E-state index contributed by atoms with van der Waals surface area (Å²) in [6.07, 6.45) is -0.528. The van der Waals surface area contributed by atoms with Crippen molar-refractivity contribution >= 4 is 50.2 Å². The lowest BCUT2D eigenvalue weighted by molar-refractivity contribution is -0.145. The Hall–Kier alpha value is -4.45. The normalized spacial score (nSPS) is 12.5. The van der Waals surface area contributed by atoms with Crippen molar-refractivity contribution in [2.24, 2.45) is 0 Å². The minimum absolute atomic E-state index is 0.200. The molecule has 6 heteroatoms. The van der Waals surface area contributed by atoms with Crippen LogP contribution in [-0.4, -0.2) is 36.1 Å². The van der Waals surface area contributed by atoms with Gasteiger partial charge in [-0.25, -0.2) is 9.59 Å². The second-order valence-electron chi connectivity index (χ2n) is 10.4. The standard InChI is InChI=1S/C32H29NO5/c1-32(2,3)38-31(36)33-26(18-20-8-5-4-6-9-20)30(35)37-19-27(34)24-16-14-23-13-12-21-10-7-11-22-15-17-25(24)29(23)28(21)22/h4-17,26H,18-19H2,1-3H3,(H,33,36)/t26-/m0/s1. The maximum atomic E-state index is 13.3. The summed E-state index contributed by atoms with van der Waals surface area (Å²) in [5.74, 6) is -1.02. The van der Waals surface area contributed by atoms with Crippen LogP contribution < -0.4 is 5.32 Å². The first-order valence-corrected chi connectivity index (χ1v) is 12.6. The van der Waals surface area contributed by atoms with Crippen molar-refractivity contribution in [3.8, 4) is 0 Å². The highest BCUT2D eigenvalue weighted by atomic mass is 16.6. The van der Waals surface area contributed by atoms with Gasteiger partial charge >= 0.3 is 12.1 Å². The van der Waals surface area contributed by atoms with E-state index < -0.39 is 30.3 Å². The van der Waals surface area contributed by atoms with E-state index in [4.69, 9.17) is 9.47 Å². The number of carbonyl (C=O) groups excluding carboxylic acids is 3. The number of Topliss-reactive ketones (excluding diaryl/α,β-unsaturated/α-hetero) is 1. The highest BCUT2D eigenvalue weighted by Gasteiger charge is 2.27. The maximum absolute atomic E-state index is 13.3. The van der Waals surface area contributed by atoms with Crippen LogP contribution in [0.15, 0.2) is 84.9 Å². The number of rotatable bonds is 7. The van der Waals surface area contributed by atoms with Gasteiger partial charge in [-0.05, 0) is 58.7 Å². The van der Waals surface area contributed by atoms with Crippen LogP contribution in [0.2, 0.25) is 0 Å². The Labute approximate surface area is 220 Å². The summed E-state index contributed by atoms with van der Waals surface area (Å²) in [6, 6.07) is 26.2. The lowest BCUT2D eigenvalue weighted by atomic mass is 9.91. The monoisotopic (exact) mass is 507 g/mol. The summed E-state index contributed by atoms with van der Waals surface area (Å²) in [7, 11) is 0. The fourth-order valence-corrected chi connectivity index (χ4v) is 4.79. The number of hydrogen-bond donors (Lipinski definition) is 1. The third-order valence-corrected chi connectivity index (χ3v) is 6.43. The molecule has 1 amide bonds. The molecule has 5 rings (SSSR count). The summed E-state index contributed by atoms with van der Waals surface area (Å²) in [5.41, 5.74) is 0.600. The van der Waals surface area contributed by atoms with Gasteiger partial charge in [-0.2, -0.15) is 0 Å². The SMILES string of the molecule is CC(C)(C)OC(=O)N[C@@H](Cc1ccccc1)C(=O)OCC(=O)c1ccc2ccc3cccc4ccc1c2c34. The average molecular weight is 508 g/mol.